The van der Waals surface area contributed by atoms with Crippen LogP contribution in [0.5, 0.6) is 11.5 Å². The van der Waals surface area contributed by atoms with Crippen LogP contribution in [0.1, 0.15) is 23.8 Å². The van der Waals surface area contributed by atoms with Crippen LogP contribution in [0.3, 0.4) is 0 Å². The topological polar surface area (TPSA) is 77.2 Å². The van der Waals surface area contributed by atoms with Crippen molar-refractivity contribution >= 4 is 5.91 Å². The average Bonchev–Trinajstić information content (AvgIpc) is 3.31. The summed E-state index contributed by atoms with van der Waals surface area (Å²) >= 11 is 0. The Morgan fingerprint density at radius 1 is 1.04 bits per heavy atom. The fourth-order valence-corrected chi connectivity index (χ4v) is 2.82. The molecule has 1 aliphatic heterocycles. The van der Waals surface area contributed by atoms with Gasteiger partial charge in [0.25, 0.3) is 0 Å². The van der Waals surface area contributed by atoms with Crippen LogP contribution in [0.25, 0.3) is 11.4 Å². The van der Waals surface area contributed by atoms with Crippen molar-refractivity contribution < 1.29 is 27.2 Å². The van der Waals surface area contributed by atoms with Crippen molar-refractivity contribution in [1.29, 1.82) is 0 Å². The van der Waals surface area contributed by atoms with Gasteiger partial charge in [0.1, 0.15) is 11.5 Å². The van der Waals surface area contributed by atoms with Crippen LogP contribution in [0, 0.1) is 0 Å². The summed E-state index contributed by atoms with van der Waals surface area (Å²) < 4.78 is 48.6. The van der Waals surface area contributed by atoms with Gasteiger partial charge in [0.2, 0.25) is 17.6 Å². The van der Waals surface area contributed by atoms with Crippen molar-refractivity contribution in [2.24, 2.45) is 0 Å². The summed E-state index contributed by atoms with van der Waals surface area (Å²) in [5.74, 6) is 1.36. The zero-order valence-corrected chi connectivity index (χ0v) is 14.4. The molecule has 0 unspecified atom stereocenters. The highest BCUT2D eigenvalue weighted by Gasteiger charge is 2.30. The summed E-state index contributed by atoms with van der Waals surface area (Å²) in [7, 11) is 0. The SMILES string of the molecule is O=C1C[C@H](c2nc(-c3ccc(Oc4ccc(C(F)(F)F)cc4)cc3)no2)CN1. The molecular formula is C19H14F3N3O3. The van der Waals surface area contributed by atoms with E-state index in [0.717, 1.165) is 12.1 Å². The van der Waals surface area contributed by atoms with Crippen LogP contribution in [-0.2, 0) is 11.0 Å². The lowest BCUT2D eigenvalue weighted by Crippen LogP contribution is -2.13. The molecule has 2 aromatic carbocycles. The zero-order valence-electron chi connectivity index (χ0n) is 14.4. The first kappa shape index (κ1) is 18.0. The van der Waals surface area contributed by atoms with Crippen LogP contribution in [0.4, 0.5) is 13.2 Å². The number of hydrogen-bond donors (Lipinski definition) is 1. The lowest BCUT2D eigenvalue weighted by atomic mass is 10.1. The number of carbonyl (C=O) groups is 1. The molecule has 0 spiro atoms. The number of hydrogen-bond acceptors (Lipinski definition) is 5. The molecule has 6 nitrogen and oxygen atoms in total. The molecule has 0 saturated carbocycles. The quantitative estimate of drug-likeness (QED) is 0.725. The van der Waals surface area contributed by atoms with E-state index in [2.05, 4.69) is 15.5 Å². The number of nitrogens with one attached hydrogen (secondary N) is 1. The highest BCUT2D eigenvalue weighted by Crippen LogP contribution is 2.32. The summed E-state index contributed by atoms with van der Waals surface area (Å²) in [5.41, 5.74) is -0.0469. The summed E-state index contributed by atoms with van der Waals surface area (Å²) in [6.45, 7) is 0.473. The van der Waals surface area contributed by atoms with Gasteiger partial charge in [0.05, 0.1) is 11.5 Å². The van der Waals surface area contributed by atoms with Gasteiger partial charge in [0.15, 0.2) is 0 Å². The van der Waals surface area contributed by atoms with Crippen LogP contribution >= 0.6 is 0 Å². The highest BCUT2D eigenvalue weighted by molar-refractivity contribution is 5.79. The van der Waals surface area contributed by atoms with Gasteiger partial charge in [0, 0.05) is 18.5 Å². The van der Waals surface area contributed by atoms with E-state index < -0.39 is 11.7 Å². The van der Waals surface area contributed by atoms with E-state index in [1.807, 2.05) is 0 Å². The largest absolute Gasteiger partial charge is 0.457 e. The molecule has 1 atom stereocenters. The molecule has 1 amide bonds. The summed E-state index contributed by atoms with van der Waals surface area (Å²) in [6, 6.07) is 11.2. The third-order valence-corrected chi connectivity index (χ3v) is 4.30. The molecule has 0 radical (unpaired) electrons. The van der Waals surface area contributed by atoms with Gasteiger partial charge < -0.3 is 14.6 Å². The number of alkyl halides is 3. The maximum Gasteiger partial charge on any atom is 0.416 e. The van der Waals surface area contributed by atoms with E-state index in [1.165, 1.54) is 12.1 Å². The van der Waals surface area contributed by atoms with Crippen LogP contribution in [0.2, 0.25) is 0 Å². The Hall–Kier alpha value is -3.36. The minimum atomic E-state index is -4.38. The molecule has 1 fully saturated rings. The Morgan fingerprint density at radius 3 is 2.25 bits per heavy atom. The third kappa shape index (κ3) is 3.83. The molecule has 3 aromatic rings. The molecule has 1 N–H and O–H groups in total. The second kappa shape index (κ2) is 6.99. The predicted octanol–water partition coefficient (Wildman–Crippen LogP) is 4.15. The number of benzene rings is 2. The Kier molecular flexibility index (Phi) is 4.50. The predicted molar refractivity (Wildman–Crippen MR) is 91.6 cm³/mol. The van der Waals surface area contributed by atoms with Crippen LogP contribution in [-0.4, -0.2) is 22.6 Å². The van der Waals surface area contributed by atoms with E-state index in [4.69, 9.17) is 9.26 Å². The van der Waals surface area contributed by atoms with Gasteiger partial charge in [-0.1, -0.05) is 5.16 Å². The fourth-order valence-electron chi connectivity index (χ4n) is 2.82. The van der Waals surface area contributed by atoms with Crippen LogP contribution in [0.15, 0.2) is 53.1 Å². The van der Waals surface area contributed by atoms with Crippen molar-refractivity contribution in [2.75, 3.05) is 6.54 Å². The normalized spacial score (nSPS) is 16.8. The van der Waals surface area contributed by atoms with Crippen molar-refractivity contribution in [2.45, 2.75) is 18.5 Å². The first-order chi connectivity index (χ1) is 13.4. The number of rotatable bonds is 4. The van der Waals surface area contributed by atoms with Gasteiger partial charge in [-0.25, -0.2) is 0 Å². The smallest absolute Gasteiger partial charge is 0.416 e. The Labute approximate surface area is 157 Å². The van der Waals surface area contributed by atoms with E-state index in [0.29, 0.717) is 41.7 Å². The Balaban J connectivity index is 1.44. The monoisotopic (exact) mass is 389 g/mol. The van der Waals surface area contributed by atoms with Gasteiger partial charge in [-0.05, 0) is 48.5 Å². The first-order valence-electron chi connectivity index (χ1n) is 8.44. The van der Waals surface area contributed by atoms with Gasteiger partial charge >= 0.3 is 6.18 Å². The zero-order chi connectivity index (χ0) is 19.7. The second-order valence-corrected chi connectivity index (χ2v) is 6.31. The second-order valence-electron chi connectivity index (χ2n) is 6.31. The van der Waals surface area contributed by atoms with E-state index in [-0.39, 0.29) is 11.8 Å². The minimum absolute atomic E-state index is 0.0467. The maximum atomic E-state index is 12.6. The average molecular weight is 389 g/mol. The Bertz CT molecular complexity index is 982. The standard InChI is InChI=1S/C19H14F3N3O3/c20-19(21,22)13-3-7-15(8-4-13)27-14-5-1-11(2-6-14)17-24-18(28-25-17)12-9-16(26)23-10-12/h1-8,12H,9-10H2,(H,23,26)/t12-/m0/s1. The molecule has 144 valence electrons. The van der Waals surface area contributed by atoms with Gasteiger partial charge in [-0.3, -0.25) is 4.79 Å². The lowest BCUT2D eigenvalue weighted by Gasteiger charge is -2.09. The van der Waals surface area contributed by atoms with Crippen molar-refractivity contribution in [3.8, 4) is 22.9 Å². The van der Waals surface area contributed by atoms with Crippen molar-refractivity contribution in [3.63, 3.8) is 0 Å². The van der Waals surface area contributed by atoms with Crippen LogP contribution < -0.4 is 10.1 Å². The highest BCUT2D eigenvalue weighted by atomic mass is 19.4. The van der Waals surface area contributed by atoms with E-state index in [1.54, 1.807) is 24.3 Å². The number of halogens is 3. The number of aromatic nitrogens is 2. The molecule has 9 heteroatoms. The molecule has 0 bridgehead atoms. The third-order valence-electron chi connectivity index (χ3n) is 4.30. The van der Waals surface area contributed by atoms with Crippen molar-refractivity contribution in [3.05, 3.63) is 60.0 Å². The molecule has 4 rings (SSSR count). The first-order valence-corrected chi connectivity index (χ1v) is 8.44. The molecule has 2 heterocycles. The van der Waals surface area contributed by atoms with Crippen molar-refractivity contribution in [1.82, 2.24) is 15.5 Å². The van der Waals surface area contributed by atoms with E-state index in [9.17, 15) is 18.0 Å². The number of carbonyl (C=O) groups excluding carboxylic acids is 1. The Morgan fingerprint density at radius 2 is 1.68 bits per heavy atom. The minimum Gasteiger partial charge on any atom is -0.457 e. The van der Waals surface area contributed by atoms with Gasteiger partial charge in [-0.2, -0.15) is 18.2 Å². The number of nitrogens with zero attached hydrogens (tertiary/aromatic N) is 2. The molecule has 0 aliphatic carbocycles. The fraction of sp³-hybridized carbons (Fsp3) is 0.211. The molecule has 1 aromatic heterocycles. The number of ether oxygens (including phenoxy) is 1. The molecule has 28 heavy (non-hydrogen) atoms. The summed E-state index contributed by atoms with van der Waals surface area (Å²) in [6.07, 6.45) is -4.06. The van der Waals surface area contributed by atoms with Gasteiger partial charge in [-0.15, -0.1) is 0 Å². The summed E-state index contributed by atoms with van der Waals surface area (Å²) in [4.78, 5) is 15.6. The number of amides is 1. The molecule has 1 saturated heterocycles. The molecular weight excluding hydrogens is 375 g/mol. The maximum absolute atomic E-state index is 12.6. The molecule has 1 aliphatic rings. The summed E-state index contributed by atoms with van der Waals surface area (Å²) in [5, 5.41) is 6.64. The van der Waals surface area contributed by atoms with E-state index >= 15 is 0 Å². The lowest BCUT2D eigenvalue weighted by molar-refractivity contribution is -0.137.